The van der Waals surface area contributed by atoms with Gasteiger partial charge in [-0.05, 0) is 42.5 Å². The number of carbonyl (C=O) groups is 1. The van der Waals surface area contributed by atoms with Gasteiger partial charge in [-0.15, -0.1) is 16.8 Å². The first-order valence-corrected chi connectivity index (χ1v) is 9.65. The minimum atomic E-state index is -0.162. The lowest BCUT2D eigenvalue weighted by Gasteiger charge is -2.09. The van der Waals surface area contributed by atoms with Crippen molar-refractivity contribution in [2.45, 2.75) is 46.6 Å². The summed E-state index contributed by atoms with van der Waals surface area (Å²) >= 11 is 1.41. The predicted molar refractivity (Wildman–Crippen MR) is 108 cm³/mol. The van der Waals surface area contributed by atoms with Crippen LogP contribution in [0.5, 0.6) is 0 Å². The normalized spacial score (nSPS) is 11.3. The first kappa shape index (κ1) is 18.3. The van der Waals surface area contributed by atoms with Gasteiger partial charge in [0.05, 0.1) is 0 Å². The van der Waals surface area contributed by atoms with Crippen molar-refractivity contribution >= 4 is 33.3 Å². The number of anilines is 1. The van der Waals surface area contributed by atoms with E-state index in [-0.39, 0.29) is 5.91 Å². The van der Waals surface area contributed by atoms with Crippen LogP contribution in [0.2, 0.25) is 0 Å². The van der Waals surface area contributed by atoms with Crippen LogP contribution in [0, 0.1) is 6.92 Å². The van der Waals surface area contributed by atoms with Gasteiger partial charge in [0.15, 0.2) is 0 Å². The van der Waals surface area contributed by atoms with Gasteiger partial charge in [0.2, 0.25) is 5.13 Å². The Bertz CT molecular complexity index is 968. The van der Waals surface area contributed by atoms with E-state index in [1.165, 1.54) is 16.9 Å². The van der Waals surface area contributed by atoms with E-state index in [2.05, 4.69) is 54.1 Å². The van der Waals surface area contributed by atoms with E-state index in [1.54, 1.807) is 0 Å². The Hall–Kier alpha value is -2.47. The molecule has 0 fully saturated rings. The van der Waals surface area contributed by atoms with Gasteiger partial charge in [0.25, 0.3) is 5.91 Å². The quantitative estimate of drug-likeness (QED) is 0.628. The number of aryl methyl sites for hydroxylation is 2. The molecule has 1 amide bonds. The fraction of sp³-hybridized carbons (Fsp3) is 0.350. The average Bonchev–Trinajstić information content (AvgIpc) is 3.18. The summed E-state index contributed by atoms with van der Waals surface area (Å²) in [7, 11) is 0. The van der Waals surface area contributed by atoms with Crippen molar-refractivity contribution in [1.29, 1.82) is 0 Å². The number of allylic oxidation sites excluding steroid dienone is 1. The van der Waals surface area contributed by atoms with Crippen LogP contribution in [0.25, 0.3) is 10.9 Å². The van der Waals surface area contributed by atoms with Gasteiger partial charge < -0.3 is 4.57 Å². The molecular weight excluding hydrogens is 344 g/mol. The van der Waals surface area contributed by atoms with Gasteiger partial charge in [0, 0.05) is 17.4 Å². The molecule has 0 atom stereocenters. The molecule has 1 aromatic carbocycles. The maximum absolute atomic E-state index is 13.0. The summed E-state index contributed by atoms with van der Waals surface area (Å²) in [5, 5.41) is 13.6. The Morgan fingerprint density at radius 3 is 2.77 bits per heavy atom. The molecule has 5 nitrogen and oxygen atoms in total. The van der Waals surface area contributed by atoms with Crippen LogP contribution in [0.3, 0.4) is 0 Å². The van der Waals surface area contributed by atoms with Gasteiger partial charge in [0.1, 0.15) is 10.7 Å². The summed E-state index contributed by atoms with van der Waals surface area (Å²) < 4.78 is 2.01. The Labute approximate surface area is 157 Å². The molecule has 0 aliphatic carbocycles. The second-order valence-electron chi connectivity index (χ2n) is 6.61. The maximum atomic E-state index is 13.0. The van der Waals surface area contributed by atoms with Crippen LogP contribution < -0.4 is 5.32 Å². The van der Waals surface area contributed by atoms with E-state index >= 15 is 0 Å². The topological polar surface area (TPSA) is 59.8 Å². The lowest BCUT2D eigenvalue weighted by Crippen LogP contribution is -2.18. The van der Waals surface area contributed by atoms with E-state index in [9.17, 15) is 4.79 Å². The van der Waals surface area contributed by atoms with Crippen molar-refractivity contribution in [1.82, 2.24) is 14.8 Å². The van der Waals surface area contributed by atoms with E-state index in [1.807, 2.05) is 24.5 Å². The molecule has 0 saturated carbocycles. The largest absolute Gasteiger partial charge is 0.332 e. The third kappa shape index (κ3) is 3.29. The van der Waals surface area contributed by atoms with Crippen molar-refractivity contribution in [2.75, 3.05) is 5.32 Å². The Morgan fingerprint density at radius 2 is 2.15 bits per heavy atom. The third-order valence-corrected chi connectivity index (χ3v) is 5.51. The number of carbonyl (C=O) groups excluding carboxylic acids is 1. The molecule has 0 bridgehead atoms. The monoisotopic (exact) mass is 368 g/mol. The standard InChI is InChI=1S/C20H24N4OS/c1-6-10-24-16-9-8-14(12(3)4)11-15(16)13(5)18(24)19(25)21-20-23-22-17(7-2)26-20/h6,8-9,11-12H,1,7,10H2,2-5H3,(H,21,23,25). The fourth-order valence-corrected chi connectivity index (χ4v) is 3.79. The van der Waals surface area contributed by atoms with Gasteiger partial charge in [-0.3, -0.25) is 10.1 Å². The number of nitrogens with one attached hydrogen (secondary N) is 1. The van der Waals surface area contributed by atoms with Crippen LogP contribution in [0.1, 0.15) is 53.3 Å². The van der Waals surface area contributed by atoms with Gasteiger partial charge in [-0.25, -0.2) is 0 Å². The second-order valence-corrected chi connectivity index (χ2v) is 7.67. The van der Waals surface area contributed by atoms with Crippen molar-refractivity contribution < 1.29 is 4.79 Å². The van der Waals surface area contributed by atoms with Crippen molar-refractivity contribution in [3.05, 3.63) is 52.7 Å². The van der Waals surface area contributed by atoms with Crippen LogP contribution in [0.4, 0.5) is 5.13 Å². The number of nitrogens with zero attached hydrogens (tertiary/aromatic N) is 3. The highest BCUT2D eigenvalue weighted by molar-refractivity contribution is 7.15. The molecule has 0 unspecified atom stereocenters. The molecule has 136 valence electrons. The molecule has 2 heterocycles. The Morgan fingerprint density at radius 1 is 1.38 bits per heavy atom. The SMILES string of the molecule is C=CCn1c(C(=O)Nc2nnc(CC)s2)c(C)c2cc(C(C)C)ccc21. The van der Waals surface area contributed by atoms with Crippen molar-refractivity contribution in [2.24, 2.45) is 0 Å². The summed E-state index contributed by atoms with van der Waals surface area (Å²) in [4.78, 5) is 13.0. The third-order valence-electron chi connectivity index (χ3n) is 4.52. The predicted octanol–water partition coefficient (Wildman–Crippen LogP) is 4.93. The highest BCUT2D eigenvalue weighted by Crippen LogP contribution is 2.30. The summed E-state index contributed by atoms with van der Waals surface area (Å²) in [6.07, 6.45) is 2.62. The van der Waals surface area contributed by atoms with Crippen LogP contribution in [0.15, 0.2) is 30.9 Å². The molecule has 0 saturated heterocycles. The zero-order chi connectivity index (χ0) is 18.8. The smallest absolute Gasteiger partial charge is 0.274 e. The molecular formula is C20H24N4OS. The summed E-state index contributed by atoms with van der Waals surface area (Å²) in [6.45, 7) is 12.8. The molecule has 1 N–H and O–H groups in total. The van der Waals surface area contributed by atoms with E-state index < -0.39 is 0 Å². The zero-order valence-electron chi connectivity index (χ0n) is 15.7. The minimum Gasteiger partial charge on any atom is -0.332 e. The summed E-state index contributed by atoms with van der Waals surface area (Å²) in [6, 6.07) is 6.41. The number of hydrogen-bond donors (Lipinski definition) is 1. The molecule has 26 heavy (non-hydrogen) atoms. The lowest BCUT2D eigenvalue weighted by molar-refractivity contribution is 0.101. The van der Waals surface area contributed by atoms with Crippen LogP contribution in [-0.4, -0.2) is 20.7 Å². The van der Waals surface area contributed by atoms with Crippen molar-refractivity contribution in [3.63, 3.8) is 0 Å². The number of hydrogen-bond acceptors (Lipinski definition) is 4. The summed E-state index contributed by atoms with van der Waals surface area (Å²) in [5.74, 6) is 0.276. The first-order chi connectivity index (χ1) is 12.5. The Balaban J connectivity index is 2.07. The molecule has 0 aliphatic heterocycles. The average molecular weight is 369 g/mol. The van der Waals surface area contributed by atoms with E-state index in [4.69, 9.17) is 0 Å². The molecule has 0 radical (unpaired) electrons. The van der Waals surface area contributed by atoms with Gasteiger partial charge in [-0.2, -0.15) is 0 Å². The second kappa shape index (κ2) is 7.41. The molecule has 3 rings (SSSR count). The maximum Gasteiger partial charge on any atom is 0.274 e. The highest BCUT2D eigenvalue weighted by atomic mass is 32.1. The van der Waals surface area contributed by atoms with Crippen molar-refractivity contribution in [3.8, 4) is 0 Å². The number of amides is 1. The minimum absolute atomic E-state index is 0.162. The van der Waals surface area contributed by atoms with E-state index in [0.29, 0.717) is 23.3 Å². The number of benzene rings is 1. The number of aromatic nitrogens is 3. The summed E-state index contributed by atoms with van der Waals surface area (Å²) in [5.41, 5.74) is 3.93. The zero-order valence-corrected chi connectivity index (χ0v) is 16.5. The fourth-order valence-electron chi connectivity index (χ4n) is 3.11. The van der Waals surface area contributed by atoms with Crippen LogP contribution >= 0.6 is 11.3 Å². The molecule has 6 heteroatoms. The highest BCUT2D eigenvalue weighted by Gasteiger charge is 2.21. The van der Waals surface area contributed by atoms with Crippen LogP contribution in [-0.2, 0) is 13.0 Å². The lowest BCUT2D eigenvalue weighted by atomic mass is 10.0. The van der Waals surface area contributed by atoms with Gasteiger partial charge in [-0.1, -0.05) is 44.3 Å². The number of fused-ring (bicyclic) bond motifs is 1. The Kier molecular flexibility index (Phi) is 5.23. The molecule has 3 aromatic rings. The molecule has 0 spiro atoms. The first-order valence-electron chi connectivity index (χ1n) is 8.83. The molecule has 2 aromatic heterocycles. The van der Waals surface area contributed by atoms with E-state index in [0.717, 1.165) is 27.9 Å². The van der Waals surface area contributed by atoms with Gasteiger partial charge >= 0.3 is 0 Å². The molecule has 0 aliphatic rings. The number of rotatable bonds is 6.